The van der Waals surface area contributed by atoms with E-state index in [-0.39, 0.29) is 100 Å². The van der Waals surface area contributed by atoms with Gasteiger partial charge in [0.05, 0.1) is 16.7 Å². The van der Waals surface area contributed by atoms with Crippen molar-refractivity contribution in [3.63, 3.8) is 0 Å². The molecule has 0 bridgehead atoms. The van der Waals surface area contributed by atoms with E-state index >= 15 is 0 Å². The second kappa shape index (κ2) is 54.8. The molecule has 14 N–H and O–H groups in total. The Kier molecular flexibility index (Phi) is 42.8. The first-order valence-corrected chi connectivity index (χ1v) is 41.2. The largest absolute Gasteiger partial charge is 0.507 e. The number of aryl methyl sites for hydroxylation is 6. The molecule has 7 amide bonds. The molecule has 0 aliphatic rings. The lowest BCUT2D eigenvalue weighted by atomic mass is 10.1. The Hall–Kier alpha value is -14.2. The molecule has 0 spiro atoms. The van der Waals surface area contributed by atoms with Crippen LogP contribution in [-0.2, 0) is 72.1 Å². The van der Waals surface area contributed by atoms with Crippen molar-refractivity contribution in [3.8, 4) is 17.2 Å². The van der Waals surface area contributed by atoms with Crippen LogP contribution in [-0.4, -0.2) is 124 Å². The number of phenols is 3. The summed E-state index contributed by atoms with van der Waals surface area (Å²) in [6, 6.07) is 62.8. The van der Waals surface area contributed by atoms with Crippen molar-refractivity contribution < 1.29 is 83.0 Å². The van der Waals surface area contributed by atoms with E-state index in [9.17, 15) is 67.7 Å². The molecule has 10 aromatic rings. The fourth-order valence-electron chi connectivity index (χ4n) is 12.4. The second-order valence-corrected chi connectivity index (χ2v) is 28.9. The quantitative estimate of drug-likeness (QED) is 0.0124. The van der Waals surface area contributed by atoms with Gasteiger partial charge in [-0.05, 0) is 220 Å². The molecule has 10 rings (SSSR count). The van der Waals surface area contributed by atoms with Crippen molar-refractivity contribution in [2.75, 3.05) is 39.7 Å². The zero-order valence-electron chi connectivity index (χ0n) is 68.7. The minimum Gasteiger partial charge on any atom is -0.507 e. The molecule has 1 aromatic heterocycles. The Morgan fingerprint density at radius 3 is 1.07 bits per heavy atom. The monoisotopic (exact) mass is 1680 g/mol. The molecule has 0 aliphatic carbocycles. The number of aliphatic carboxylic acids is 3. The van der Waals surface area contributed by atoms with Crippen molar-refractivity contribution >= 4 is 93.8 Å². The van der Waals surface area contributed by atoms with E-state index in [0.29, 0.717) is 111 Å². The summed E-state index contributed by atoms with van der Waals surface area (Å²) in [6.07, 6.45) is 20.6. The highest BCUT2D eigenvalue weighted by molar-refractivity contribution is 6.07. The number of benzene rings is 9. The number of carboxylic acid groups (broad SMARTS) is 3. The normalized spacial score (nSPS) is 10.6. The van der Waals surface area contributed by atoms with E-state index in [2.05, 4.69) is 57.8 Å². The smallest absolute Gasteiger partial charge is 0.303 e. The Bertz CT molecular complexity index is 4990. The molecule has 9 aromatic carbocycles. The number of nitrogens with one attached hydrogen (secondary N) is 8. The highest BCUT2D eigenvalue weighted by Crippen LogP contribution is 2.24. The number of hydrogen-bond acceptors (Lipinski definition) is 16. The number of carbonyl (C=O) groups is 10. The lowest BCUT2D eigenvalue weighted by molar-refractivity contribution is -0.138. The summed E-state index contributed by atoms with van der Waals surface area (Å²) in [4.78, 5) is 116. The summed E-state index contributed by atoms with van der Waals surface area (Å²) >= 11 is 0. The van der Waals surface area contributed by atoms with Crippen molar-refractivity contribution in [1.29, 1.82) is 0 Å². The van der Waals surface area contributed by atoms with Gasteiger partial charge in [0.15, 0.2) is 5.82 Å². The third-order valence-corrected chi connectivity index (χ3v) is 19.1. The molecular weight excluding hydrogens is 1570 g/mol. The number of amides is 7. The summed E-state index contributed by atoms with van der Waals surface area (Å²) in [6.45, 7) is 1.21. The molecule has 28 heteroatoms. The van der Waals surface area contributed by atoms with Gasteiger partial charge in [-0.15, -0.1) is 10.2 Å². The van der Waals surface area contributed by atoms with Crippen LogP contribution in [0.2, 0.25) is 0 Å². The van der Waals surface area contributed by atoms with Gasteiger partial charge in [-0.3, -0.25) is 47.9 Å². The number of anilines is 5. The first-order chi connectivity index (χ1) is 59.5. The minimum atomic E-state index is -0.799. The highest BCUT2D eigenvalue weighted by Gasteiger charge is 2.15. The average Bonchev–Trinajstić information content (AvgIpc) is 0.917. The molecule has 0 unspecified atom stereocenters. The van der Waals surface area contributed by atoms with Gasteiger partial charge in [-0.2, -0.15) is 5.21 Å². The predicted molar refractivity (Wildman–Crippen MR) is 471 cm³/mol. The molecule has 1 heterocycles. The first-order valence-electron chi connectivity index (χ1n) is 41.2. The Labute approximate surface area is 714 Å². The van der Waals surface area contributed by atoms with Crippen molar-refractivity contribution in [2.24, 2.45) is 0 Å². The molecule has 0 radical (unpaired) electrons. The van der Waals surface area contributed by atoms with Crippen LogP contribution < -0.4 is 37.2 Å². The topological polar surface area (TPSA) is 431 Å². The average molecular weight is 1680 g/mol. The summed E-state index contributed by atoms with van der Waals surface area (Å²) < 4.78 is 13.6. The molecular formula is C95H108FN11O16. The number of halogens is 1. The van der Waals surface area contributed by atoms with E-state index in [1.165, 1.54) is 36.4 Å². The van der Waals surface area contributed by atoms with E-state index in [0.717, 1.165) is 117 Å². The van der Waals surface area contributed by atoms with E-state index in [4.69, 9.17) is 15.3 Å². The summed E-state index contributed by atoms with van der Waals surface area (Å²) in [7, 11) is 0. The molecule has 0 atom stereocenters. The molecule has 0 saturated carbocycles. The number of phenolic OH excluding ortho intramolecular Hbond substituents is 3. The number of aromatic hydroxyl groups is 3. The van der Waals surface area contributed by atoms with E-state index < -0.39 is 17.9 Å². The molecule has 0 saturated heterocycles. The standard InChI is InChI=1S/C29H29FN2O4.2C25H32N2O5.C16H15N5O2/c30-26-8-2-1-7-23(26)15-20-28(34)32-25-18-11-21(12-19-25)5-3-9-27(33)31-24-16-13-22(14-17-24)6-4-10-29(35)36;28-22-11-6-5-10-21(22)25(32)27-20-16-14-19(15-17-20)9-8-12-23(29)26-18-7-3-1-2-4-13-24(30)31;28-22-11-6-5-10-21(22)25(32)26-18-7-3-1-2-4-12-23(29)27-20-16-14-19(15-17-20)9-8-13-24(30)31;22-14-4-2-1-3-13(14)16(23)17-12-8-5-11(6-9-12)7-10-15-18-20-21-19-15/h1-2,7-8,11-20H,3-6,9-10H2,(H,31,33)(H,32,34)(H,35,36);5-6,10-11,14-17,28H,1-4,7-9,12-13,18H2,(H,26,29)(H,27,32)(H,30,31);5-6,10-11,14-17,28H,1-4,7-9,12-13,18H2,(H,26,32)(H,27,29)(H,30,31);1-6,8-9,22H,7,10H2,(H,17,23)(H,18,19,20,21)/b20-15+;;;. The third-order valence-electron chi connectivity index (χ3n) is 19.1. The number of hydrogen-bond donors (Lipinski definition) is 14. The van der Waals surface area contributed by atoms with Crippen LogP contribution in [0.3, 0.4) is 0 Å². The number of tetrazole rings is 1. The van der Waals surface area contributed by atoms with E-state index in [1.807, 2.05) is 109 Å². The lowest BCUT2D eigenvalue weighted by Crippen LogP contribution is -2.24. The zero-order chi connectivity index (χ0) is 88.2. The fourth-order valence-corrected chi connectivity index (χ4v) is 12.4. The van der Waals surface area contributed by atoms with Crippen LogP contribution in [0.4, 0.5) is 32.8 Å². The number of carbonyl (C=O) groups excluding carboxylic acids is 7. The SMILES string of the molecule is O=C(Nc1ccc(CCc2nn[nH]n2)cc1)c1ccccc1O.O=C(O)CCCCCCCNC(=O)CCCc1ccc(NC(=O)c2ccccc2O)cc1.O=C(O)CCCc1ccc(NC(=O)CCCCCCCNC(=O)c2ccccc2O)cc1.O=C(O)CCCc1ccc(NC(=O)CCCc2ccc(NC(=O)/C=C/c3ccccc3F)cc2)cc1. The first kappa shape index (κ1) is 96.0. The predicted octanol–water partition coefficient (Wildman–Crippen LogP) is 16.8. The van der Waals surface area contributed by atoms with Crippen molar-refractivity contribution in [1.82, 2.24) is 31.3 Å². The van der Waals surface area contributed by atoms with E-state index in [1.54, 1.807) is 84.9 Å². The van der Waals surface area contributed by atoms with Gasteiger partial charge in [0, 0.05) is 98.1 Å². The number of unbranched alkanes of at least 4 members (excludes halogenated alkanes) is 8. The van der Waals surface area contributed by atoms with Crippen LogP contribution in [0.5, 0.6) is 17.2 Å². The van der Waals surface area contributed by atoms with Gasteiger partial charge in [0.25, 0.3) is 17.7 Å². The number of H-pyrrole nitrogens is 1. The maximum absolute atomic E-state index is 13.6. The van der Waals surface area contributed by atoms with Gasteiger partial charge >= 0.3 is 17.9 Å². The maximum Gasteiger partial charge on any atom is 0.303 e. The number of para-hydroxylation sites is 3. The lowest BCUT2D eigenvalue weighted by Gasteiger charge is -2.08. The number of aromatic nitrogens is 4. The molecule has 0 aliphatic heterocycles. The molecule has 123 heavy (non-hydrogen) atoms. The third kappa shape index (κ3) is 39.5. The Morgan fingerprint density at radius 1 is 0.325 bits per heavy atom. The summed E-state index contributed by atoms with van der Waals surface area (Å²) in [5, 5.41) is 88.6. The molecule has 646 valence electrons. The van der Waals surface area contributed by atoms with Crippen LogP contribution in [0.25, 0.3) is 6.08 Å². The highest BCUT2D eigenvalue weighted by atomic mass is 19.1. The van der Waals surface area contributed by atoms with Crippen LogP contribution in [0, 0.1) is 5.82 Å². The number of nitrogens with zero attached hydrogens (tertiary/aromatic N) is 3. The molecule has 27 nitrogen and oxygen atoms in total. The van der Waals surface area contributed by atoms with Crippen LogP contribution in [0.15, 0.2) is 224 Å². The minimum absolute atomic E-state index is 0.0152. The Balaban J connectivity index is 0.000000228. The van der Waals surface area contributed by atoms with Crippen LogP contribution in [0.1, 0.15) is 199 Å². The Morgan fingerprint density at radius 2 is 0.659 bits per heavy atom. The van der Waals surface area contributed by atoms with Crippen LogP contribution >= 0.6 is 0 Å². The second-order valence-electron chi connectivity index (χ2n) is 28.9. The fraction of sp³-hybridized carbons (Fsp3) is 0.295. The number of rotatable bonds is 45. The van der Waals surface area contributed by atoms with Gasteiger partial charge in [0.2, 0.25) is 23.6 Å². The summed E-state index contributed by atoms with van der Waals surface area (Å²) in [5.41, 5.74) is 9.83. The van der Waals surface area contributed by atoms with Gasteiger partial charge in [-0.1, -0.05) is 159 Å². The van der Waals surface area contributed by atoms with Crippen molar-refractivity contribution in [2.45, 2.75) is 167 Å². The van der Waals surface area contributed by atoms with Gasteiger partial charge in [-0.25, -0.2) is 4.39 Å². The van der Waals surface area contributed by atoms with Gasteiger partial charge < -0.3 is 67.9 Å². The summed E-state index contributed by atoms with van der Waals surface area (Å²) in [5.74, 6) is -3.54. The van der Waals surface area contributed by atoms with Gasteiger partial charge in [0.1, 0.15) is 23.1 Å². The molecule has 0 fully saturated rings. The van der Waals surface area contributed by atoms with Crippen molar-refractivity contribution in [3.05, 3.63) is 286 Å². The number of aromatic amines is 1. The number of carboxylic acids is 3. The maximum atomic E-state index is 13.6. The zero-order valence-corrected chi connectivity index (χ0v) is 68.7.